The zero-order chi connectivity index (χ0) is 46.5. The van der Waals surface area contributed by atoms with Crippen LogP contribution < -0.4 is 20.1 Å². The Morgan fingerprint density at radius 2 is 1.04 bits per heavy atom. The van der Waals surface area contributed by atoms with E-state index in [4.69, 9.17) is 29.2 Å². The van der Waals surface area contributed by atoms with Crippen molar-refractivity contribution in [3.8, 4) is 11.5 Å². The predicted molar refractivity (Wildman–Crippen MR) is 263 cm³/mol. The molecular weight excluding hydrogens is 849 g/mol. The highest BCUT2D eigenvalue weighted by molar-refractivity contribution is 5.84. The lowest BCUT2D eigenvalue weighted by atomic mass is 9.64. The molecule has 0 radical (unpaired) electrons. The van der Waals surface area contributed by atoms with Gasteiger partial charge in [-0.1, -0.05) is 176 Å². The van der Waals surface area contributed by atoms with Gasteiger partial charge in [-0.3, -0.25) is 4.57 Å². The van der Waals surface area contributed by atoms with E-state index in [1.54, 1.807) is 20.5 Å². The molecule has 4 N–H and O–H groups in total. The Morgan fingerprint density at radius 1 is 0.588 bits per heavy atom. The summed E-state index contributed by atoms with van der Waals surface area (Å²) in [6.07, 6.45) is -1.38. The van der Waals surface area contributed by atoms with Crippen molar-refractivity contribution in [1.29, 1.82) is 0 Å². The van der Waals surface area contributed by atoms with Gasteiger partial charge in [-0.05, 0) is 63.2 Å². The maximum atomic E-state index is 13.4. The molecule has 10 rings (SSSR count). The summed E-state index contributed by atoms with van der Waals surface area (Å²) in [5.74, 6) is 1.89. The van der Waals surface area contributed by atoms with Crippen LogP contribution in [0, 0.1) is 0 Å². The van der Waals surface area contributed by atoms with Crippen molar-refractivity contribution in [2.75, 3.05) is 19.5 Å². The van der Waals surface area contributed by atoms with Crippen LogP contribution in [0.2, 0.25) is 0 Å². The van der Waals surface area contributed by atoms with Gasteiger partial charge in [0, 0.05) is 6.54 Å². The Labute approximate surface area is 395 Å². The summed E-state index contributed by atoms with van der Waals surface area (Å²) in [6, 6.07) is 65.3. The first-order chi connectivity index (χ1) is 33.4. The van der Waals surface area contributed by atoms with Crippen molar-refractivity contribution in [3.63, 3.8) is 0 Å². The first-order valence-corrected chi connectivity index (χ1v) is 22.7. The molecule has 0 amide bonds. The number of nitrogens with one attached hydrogen (secondary N) is 2. The summed E-state index contributed by atoms with van der Waals surface area (Å²) in [7, 11) is 3.29. The molecular formula is C57H52N6O5. The van der Waals surface area contributed by atoms with E-state index < -0.39 is 41.5 Å². The second kappa shape index (κ2) is 19.3. The molecule has 1 saturated heterocycles. The monoisotopic (exact) mass is 900 g/mol. The molecule has 11 heteroatoms. The Morgan fingerprint density at radius 3 is 1.56 bits per heavy atom. The zero-order valence-electron chi connectivity index (χ0n) is 37.7. The normalized spacial score (nSPS) is 17.7. The number of ether oxygens (including phenoxy) is 3. The van der Waals surface area contributed by atoms with Crippen molar-refractivity contribution >= 4 is 17.0 Å². The van der Waals surface area contributed by atoms with Gasteiger partial charge in [-0.2, -0.15) is 0 Å². The lowest BCUT2D eigenvalue weighted by molar-refractivity contribution is -0.0962. The minimum absolute atomic E-state index is 0.416. The summed E-state index contributed by atoms with van der Waals surface area (Å²) in [4.78, 5) is 14.7. The summed E-state index contributed by atoms with van der Waals surface area (Å²) in [5.41, 5.74) is 5.16. The molecule has 1 unspecified atom stereocenters. The molecule has 2 aromatic heterocycles. The van der Waals surface area contributed by atoms with Crippen molar-refractivity contribution < 1.29 is 24.4 Å². The van der Waals surface area contributed by atoms with Gasteiger partial charge in [-0.25, -0.2) is 15.0 Å². The SMILES string of the molecule is COc1ccc(C(Nc2ncnc3c2ncn3[C@@H]2O[C@H](C(O)C(c3ccccc3)(c3ccccc3)c3ccc(OC)cc3)[C@@H](O)[C@H]2NCc2ccccc2)(c2ccccc2)c2ccccc2)cc1. The minimum Gasteiger partial charge on any atom is -0.497 e. The van der Waals surface area contributed by atoms with Crippen molar-refractivity contribution in [2.45, 2.75) is 48.1 Å². The number of anilines is 1. The second-order valence-electron chi connectivity index (χ2n) is 17.0. The van der Waals surface area contributed by atoms with E-state index in [0.717, 1.165) is 44.7 Å². The molecule has 11 nitrogen and oxygen atoms in total. The number of aromatic nitrogens is 4. The van der Waals surface area contributed by atoms with Crippen LogP contribution in [0.25, 0.3) is 11.2 Å². The molecule has 1 fully saturated rings. The molecule has 0 aliphatic carbocycles. The maximum absolute atomic E-state index is 13.4. The molecule has 1 aliphatic rings. The molecule has 0 saturated carbocycles. The van der Waals surface area contributed by atoms with E-state index in [1.807, 2.05) is 168 Å². The summed E-state index contributed by atoms with van der Waals surface area (Å²) >= 11 is 0. The van der Waals surface area contributed by atoms with Gasteiger partial charge in [0.1, 0.15) is 41.7 Å². The molecule has 9 aromatic rings. The highest BCUT2D eigenvalue weighted by Gasteiger charge is 2.55. The molecule has 0 bridgehead atoms. The predicted octanol–water partition coefficient (Wildman–Crippen LogP) is 9.06. The van der Waals surface area contributed by atoms with Gasteiger partial charge < -0.3 is 35.1 Å². The number of fused-ring (bicyclic) bond motifs is 1. The molecule has 1 aliphatic heterocycles. The molecule has 7 aromatic carbocycles. The first kappa shape index (κ1) is 44.2. The highest BCUT2D eigenvalue weighted by atomic mass is 16.5. The number of methoxy groups -OCH3 is 2. The average Bonchev–Trinajstić information content (AvgIpc) is 3.99. The number of imidazole rings is 1. The quantitative estimate of drug-likeness (QED) is 0.0696. The topological polar surface area (TPSA) is 136 Å². The lowest BCUT2D eigenvalue weighted by Gasteiger charge is -2.43. The van der Waals surface area contributed by atoms with Crippen LogP contribution in [0.3, 0.4) is 0 Å². The summed E-state index contributed by atoms with van der Waals surface area (Å²) < 4.78 is 20.1. The van der Waals surface area contributed by atoms with E-state index in [1.165, 1.54) is 6.33 Å². The van der Waals surface area contributed by atoms with Crippen LogP contribution in [0.4, 0.5) is 5.82 Å². The smallest absolute Gasteiger partial charge is 0.167 e. The molecule has 340 valence electrons. The number of aliphatic hydroxyl groups excluding tert-OH is 2. The van der Waals surface area contributed by atoms with E-state index in [2.05, 4.69) is 47.0 Å². The average molecular weight is 901 g/mol. The zero-order valence-corrected chi connectivity index (χ0v) is 37.7. The fraction of sp³-hybridized carbons (Fsp3) is 0.175. The molecule has 0 spiro atoms. The van der Waals surface area contributed by atoms with Gasteiger partial charge in [0.15, 0.2) is 23.2 Å². The molecule has 3 heterocycles. The minimum atomic E-state index is -1.33. The number of hydrogen-bond acceptors (Lipinski definition) is 10. The van der Waals surface area contributed by atoms with Gasteiger partial charge in [0.05, 0.1) is 32.0 Å². The van der Waals surface area contributed by atoms with Crippen molar-refractivity contribution in [3.05, 3.63) is 252 Å². The fourth-order valence-corrected chi connectivity index (χ4v) is 10.0. The Bertz CT molecular complexity index is 2960. The van der Waals surface area contributed by atoms with Gasteiger partial charge in [-0.15, -0.1) is 0 Å². The van der Waals surface area contributed by atoms with Crippen LogP contribution in [0.15, 0.2) is 213 Å². The number of nitrogens with zero attached hydrogens (tertiary/aromatic N) is 4. The standard InChI is InChI=1S/C57H52N6O5/c1-66-46-32-28-42(29-33-46)56(40-20-10-4-11-21-40,41-22-12-5-13-23-41)52(65)51-50(64)48(58-36-39-18-8-3-9-19-39)55(68-51)63-38-61-49-53(59-37-60-54(49)63)62-57(43-24-14-6-15-25-43,44-26-16-7-17-27-44)45-30-34-47(67-2)35-31-45/h3-35,37-38,48,50-52,55,58,64-65H,36H2,1-2H3,(H,59,60,62)/t48-,50+,51+,52?,55-/m1/s1. The van der Waals surface area contributed by atoms with E-state index in [-0.39, 0.29) is 0 Å². The molecule has 68 heavy (non-hydrogen) atoms. The molecule has 5 atom stereocenters. The van der Waals surface area contributed by atoms with Crippen LogP contribution in [0.1, 0.15) is 45.2 Å². The summed E-state index contributed by atoms with van der Waals surface area (Å²) in [6.45, 7) is 0.416. The van der Waals surface area contributed by atoms with Crippen molar-refractivity contribution in [2.24, 2.45) is 0 Å². The third-order valence-electron chi connectivity index (χ3n) is 13.3. The summed E-state index contributed by atoms with van der Waals surface area (Å²) in [5, 5.41) is 33.7. The Balaban J connectivity index is 1.11. The Hall–Kier alpha value is -7.67. The lowest BCUT2D eigenvalue weighted by Crippen LogP contribution is -2.53. The highest BCUT2D eigenvalue weighted by Crippen LogP contribution is 2.48. The van der Waals surface area contributed by atoms with Crippen LogP contribution >= 0.6 is 0 Å². The van der Waals surface area contributed by atoms with E-state index in [9.17, 15) is 10.2 Å². The van der Waals surface area contributed by atoms with Gasteiger partial charge in [0.25, 0.3) is 0 Å². The number of benzene rings is 7. The van der Waals surface area contributed by atoms with Gasteiger partial charge in [0.2, 0.25) is 0 Å². The van der Waals surface area contributed by atoms with E-state index >= 15 is 0 Å². The number of hydrogen-bond donors (Lipinski definition) is 4. The third kappa shape index (κ3) is 7.95. The number of aliphatic hydroxyl groups is 2. The largest absolute Gasteiger partial charge is 0.497 e. The van der Waals surface area contributed by atoms with Gasteiger partial charge >= 0.3 is 0 Å². The van der Waals surface area contributed by atoms with Crippen molar-refractivity contribution in [1.82, 2.24) is 24.8 Å². The van der Waals surface area contributed by atoms with Crippen LogP contribution in [-0.4, -0.2) is 68.3 Å². The maximum Gasteiger partial charge on any atom is 0.167 e. The second-order valence-corrected chi connectivity index (χ2v) is 17.0. The van der Waals surface area contributed by atoms with E-state index in [0.29, 0.717) is 29.3 Å². The van der Waals surface area contributed by atoms with Crippen LogP contribution in [0.5, 0.6) is 11.5 Å². The fourth-order valence-electron chi connectivity index (χ4n) is 10.0. The first-order valence-electron chi connectivity index (χ1n) is 22.7. The third-order valence-corrected chi connectivity index (χ3v) is 13.3. The number of rotatable bonds is 16. The Kier molecular flexibility index (Phi) is 12.5. The van der Waals surface area contributed by atoms with Crippen LogP contribution in [-0.2, 0) is 22.2 Å².